The molecule has 0 aliphatic rings. The number of nitrogens with zero attached hydrogens (tertiary/aromatic N) is 3. The zero-order valence-electron chi connectivity index (χ0n) is 14.8. The van der Waals surface area contributed by atoms with Crippen LogP contribution in [0.4, 0.5) is 4.39 Å². The number of fused-ring (bicyclic) bond motifs is 1. The predicted octanol–water partition coefficient (Wildman–Crippen LogP) is 3.10. The van der Waals surface area contributed by atoms with Crippen LogP contribution in [0.5, 0.6) is 0 Å². The van der Waals surface area contributed by atoms with Crippen molar-refractivity contribution in [3.63, 3.8) is 0 Å². The summed E-state index contributed by atoms with van der Waals surface area (Å²) < 4.78 is 43.8. The molecule has 4 aromatic rings. The normalized spacial score (nSPS) is 11.8. The molecule has 0 aliphatic carbocycles. The first-order chi connectivity index (χ1) is 13.5. The summed E-state index contributed by atoms with van der Waals surface area (Å²) in [6, 6.07) is 15.0. The van der Waals surface area contributed by atoms with Gasteiger partial charge >= 0.3 is 0 Å². The molecular formula is C20H17FN4O2S. The molecule has 0 atom stereocenters. The molecular weight excluding hydrogens is 379 g/mol. The van der Waals surface area contributed by atoms with Crippen molar-refractivity contribution in [1.29, 1.82) is 0 Å². The van der Waals surface area contributed by atoms with Gasteiger partial charge in [0, 0.05) is 30.5 Å². The maximum atomic E-state index is 13.9. The molecule has 0 bridgehead atoms. The lowest BCUT2D eigenvalue weighted by atomic mass is 10.1. The minimum Gasteiger partial charge on any atom is -0.268 e. The standard InChI is InChI=1S/C20H17FN4O2S/c21-18-8-9-19(17-3-1-10-22-20(17)18)28(26,27)24-13-15-4-6-16(7-5-15)14-25-12-2-11-23-25/h1-12,24H,13-14H2. The third kappa shape index (κ3) is 3.78. The largest absolute Gasteiger partial charge is 0.268 e. The minimum absolute atomic E-state index is 0.00676. The fourth-order valence-corrected chi connectivity index (χ4v) is 4.16. The number of halogens is 1. The van der Waals surface area contributed by atoms with E-state index in [9.17, 15) is 12.8 Å². The van der Waals surface area contributed by atoms with E-state index in [-0.39, 0.29) is 22.3 Å². The van der Waals surface area contributed by atoms with Gasteiger partial charge in [-0.15, -0.1) is 0 Å². The van der Waals surface area contributed by atoms with Crippen molar-refractivity contribution in [2.45, 2.75) is 18.0 Å². The quantitative estimate of drug-likeness (QED) is 0.543. The van der Waals surface area contributed by atoms with Gasteiger partial charge in [0.15, 0.2) is 0 Å². The second-order valence-corrected chi connectivity index (χ2v) is 8.03. The van der Waals surface area contributed by atoms with Gasteiger partial charge in [0.2, 0.25) is 10.0 Å². The van der Waals surface area contributed by atoms with Crippen molar-refractivity contribution >= 4 is 20.9 Å². The summed E-state index contributed by atoms with van der Waals surface area (Å²) in [6.45, 7) is 0.775. The molecule has 0 saturated heterocycles. The highest BCUT2D eigenvalue weighted by Gasteiger charge is 2.19. The molecule has 0 radical (unpaired) electrons. The summed E-state index contributed by atoms with van der Waals surface area (Å²) in [5, 5.41) is 4.41. The second-order valence-electron chi connectivity index (χ2n) is 6.29. The highest BCUT2D eigenvalue weighted by molar-refractivity contribution is 7.89. The van der Waals surface area contributed by atoms with Gasteiger partial charge in [-0.05, 0) is 41.5 Å². The SMILES string of the molecule is O=S(=O)(NCc1ccc(Cn2cccn2)cc1)c1ccc(F)c2ncccc12. The lowest BCUT2D eigenvalue weighted by Gasteiger charge is -2.10. The fourth-order valence-electron chi connectivity index (χ4n) is 2.95. The average Bonchev–Trinajstić information content (AvgIpc) is 3.21. The third-order valence-electron chi connectivity index (χ3n) is 4.36. The molecule has 0 fully saturated rings. The molecule has 6 nitrogen and oxygen atoms in total. The first-order valence-electron chi connectivity index (χ1n) is 8.61. The van der Waals surface area contributed by atoms with Crippen LogP contribution in [0.1, 0.15) is 11.1 Å². The van der Waals surface area contributed by atoms with Gasteiger partial charge in [-0.1, -0.05) is 24.3 Å². The summed E-state index contributed by atoms with van der Waals surface area (Å²) in [5.41, 5.74) is 1.91. The van der Waals surface area contributed by atoms with Crippen LogP contribution in [-0.4, -0.2) is 23.2 Å². The van der Waals surface area contributed by atoms with Gasteiger partial charge in [0.05, 0.1) is 11.4 Å². The van der Waals surface area contributed by atoms with Gasteiger partial charge < -0.3 is 0 Å². The Labute approximate surface area is 161 Å². The smallest absolute Gasteiger partial charge is 0.241 e. The average molecular weight is 396 g/mol. The minimum atomic E-state index is -3.82. The van der Waals surface area contributed by atoms with Crippen LogP contribution < -0.4 is 4.72 Å². The molecule has 4 rings (SSSR count). The molecule has 2 aromatic carbocycles. The number of hydrogen-bond acceptors (Lipinski definition) is 4. The van der Waals surface area contributed by atoms with Crippen LogP contribution in [-0.2, 0) is 23.1 Å². The molecule has 142 valence electrons. The zero-order valence-corrected chi connectivity index (χ0v) is 15.6. The number of sulfonamides is 1. The molecule has 0 amide bonds. The molecule has 1 N–H and O–H groups in total. The maximum Gasteiger partial charge on any atom is 0.241 e. The lowest BCUT2D eigenvalue weighted by Crippen LogP contribution is -2.23. The van der Waals surface area contributed by atoms with Crippen LogP contribution in [0.3, 0.4) is 0 Å². The monoisotopic (exact) mass is 396 g/mol. The Morgan fingerprint density at radius 3 is 2.50 bits per heavy atom. The van der Waals surface area contributed by atoms with Crippen LogP contribution in [0.25, 0.3) is 10.9 Å². The summed E-state index contributed by atoms with van der Waals surface area (Å²) in [4.78, 5) is 3.95. The molecule has 28 heavy (non-hydrogen) atoms. The van der Waals surface area contributed by atoms with Crippen LogP contribution in [0.15, 0.2) is 78.1 Å². The lowest BCUT2D eigenvalue weighted by molar-refractivity contribution is 0.581. The van der Waals surface area contributed by atoms with E-state index in [1.165, 1.54) is 12.3 Å². The van der Waals surface area contributed by atoms with Crippen LogP contribution in [0, 0.1) is 5.82 Å². The molecule has 8 heteroatoms. The topological polar surface area (TPSA) is 76.9 Å². The predicted molar refractivity (Wildman–Crippen MR) is 103 cm³/mol. The van der Waals surface area contributed by atoms with E-state index in [2.05, 4.69) is 14.8 Å². The van der Waals surface area contributed by atoms with Gasteiger partial charge in [0.25, 0.3) is 0 Å². The van der Waals surface area contributed by atoms with Crippen LogP contribution >= 0.6 is 0 Å². The van der Waals surface area contributed by atoms with E-state index in [0.717, 1.165) is 17.2 Å². The molecule has 2 heterocycles. The first-order valence-corrected chi connectivity index (χ1v) is 10.1. The number of pyridine rings is 1. The number of hydrogen-bond donors (Lipinski definition) is 1. The molecule has 0 aliphatic heterocycles. The van der Waals surface area contributed by atoms with Gasteiger partial charge in [-0.25, -0.2) is 17.5 Å². The molecule has 0 unspecified atom stereocenters. The Hall–Kier alpha value is -3.10. The summed E-state index contributed by atoms with van der Waals surface area (Å²) in [6.07, 6.45) is 5.03. The van der Waals surface area contributed by atoms with Crippen molar-refractivity contribution < 1.29 is 12.8 Å². The van der Waals surface area contributed by atoms with Crippen molar-refractivity contribution in [1.82, 2.24) is 19.5 Å². The van der Waals surface area contributed by atoms with E-state index >= 15 is 0 Å². The Bertz CT molecular complexity index is 1210. The fraction of sp³-hybridized carbons (Fsp3) is 0.100. The highest BCUT2D eigenvalue weighted by atomic mass is 32.2. The Kier molecular flexibility index (Phi) is 4.89. The maximum absolute atomic E-state index is 13.9. The summed E-state index contributed by atoms with van der Waals surface area (Å²) in [7, 11) is -3.82. The summed E-state index contributed by atoms with van der Waals surface area (Å²) in [5.74, 6) is -0.553. The Morgan fingerprint density at radius 1 is 0.964 bits per heavy atom. The van der Waals surface area contributed by atoms with Gasteiger partial charge in [0.1, 0.15) is 11.3 Å². The van der Waals surface area contributed by atoms with Crippen molar-refractivity contribution in [2.24, 2.45) is 0 Å². The van der Waals surface area contributed by atoms with Crippen molar-refractivity contribution in [3.8, 4) is 0 Å². The van der Waals surface area contributed by atoms with E-state index in [1.807, 2.05) is 41.2 Å². The van der Waals surface area contributed by atoms with Crippen LogP contribution in [0.2, 0.25) is 0 Å². The first kappa shape index (κ1) is 18.3. The van der Waals surface area contributed by atoms with E-state index in [1.54, 1.807) is 18.3 Å². The van der Waals surface area contributed by atoms with Gasteiger partial charge in [-0.3, -0.25) is 9.67 Å². The number of rotatable bonds is 6. The Balaban J connectivity index is 1.51. The Morgan fingerprint density at radius 2 is 1.75 bits per heavy atom. The number of nitrogens with one attached hydrogen (secondary N) is 1. The number of aromatic nitrogens is 3. The van der Waals surface area contributed by atoms with E-state index in [4.69, 9.17) is 0 Å². The van der Waals surface area contributed by atoms with E-state index in [0.29, 0.717) is 6.54 Å². The highest BCUT2D eigenvalue weighted by Crippen LogP contribution is 2.23. The van der Waals surface area contributed by atoms with Crippen molar-refractivity contribution in [3.05, 3.63) is 90.1 Å². The zero-order chi connectivity index (χ0) is 19.6. The second kappa shape index (κ2) is 7.49. The summed E-state index contributed by atoms with van der Waals surface area (Å²) >= 11 is 0. The van der Waals surface area contributed by atoms with Gasteiger partial charge in [-0.2, -0.15) is 5.10 Å². The molecule has 0 spiro atoms. The third-order valence-corrected chi connectivity index (χ3v) is 5.82. The number of benzene rings is 2. The van der Waals surface area contributed by atoms with Crippen molar-refractivity contribution in [2.75, 3.05) is 0 Å². The molecule has 0 saturated carbocycles. The molecule has 2 aromatic heterocycles. The van der Waals surface area contributed by atoms with E-state index < -0.39 is 15.8 Å².